The van der Waals surface area contributed by atoms with Crippen LogP contribution < -0.4 is 11.1 Å². The molecule has 0 aromatic heterocycles. The van der Waals surface area contributed by atoms with Gasteiger partial charge in [-0.05, 0) is 41.0 Å². The largest absolute Gasteiger partial charge is 0.480 e. The maximum absolute atomic E-state index is 13.3. The van der Waals surface area contributed by atoms with Gasteiger partial charge in [0, 0.05) is 18.5 Å². The second-order valence-corrected chi connectivity index (χ2v) is 8.81. The van der Waals surface area contributed by atoms with Crippen molar-refractivity contribution < 1.29 is 28.6 Å². The summed E-state index contributed by atoms with van der Waals surface area (Å²) in [5.74, 6) is -2.44. The summed E-state index contributed by atoms with van der Waals surface area (Å²) in [5, 5.41) is 12.2. The predicted octanol–water partition coefficient (Wildman–Crippen LogP) is 4.08. The zero-order valence-corrected chi connectivity index (χ0v) is 20.7. The van der Waals surface area contributed by atoms with Crippen LogP contribution in [0.1, 0.15) is 16.7 Å². The number of hydrogen-bond acceptors (Lipinski definition) is 5. The molecule has 10 heteroatoms. The number of aliphatic carboxylic acids is 1. The van der Waals surface area contributed by atoms with Crippen LogP contribution in [0.3, 0.4) is 0 Å². The van der Waals surface area contributed by atoms with Gasteiger partial charge < -0.3 is 20.9 Å². The number of nitrogens with two attached hydrogens (primary N) is 1. The van der Waals surface area contributed by atoms with Crippen molar-refractivity contribution in [2.24, 2.45) is 0 Å². The molecule has 0 aliphatic carbocycles. The molecule has 188 valence electrons. The Bertz CT molecular complexity index is 1180. The number of hydrogen-bond donors (Lipinski definition) is 3. The van der Waals surface area contributed by atoms with Crippen molar-refractivity contribution in [1.82, 2.24) is 9.24 Å². The van der Waals surface area contributed by atoms with E-state index in [-0.39, 0.29) is 19.4 Å². The van der Waals surface area contributed by atoms with Gasteiger partial charge in [0.05, 0.1) is 16.1 Å². The lowest BCUT2D eigenvalue weighted by molar-refractivity contribution is -0.142. The molecule has 0 heterocycles. The molecule has 0 spiro atoms. The summed E-state index contributed by atoms with van der Waals surface area (Å²) in [5.41, 5.74) is 8.25. The Morgan fingerprint density at radius 3 is 2.11 bits per heavy atom. The first-order valence-electron chi connectivity index (χ1n) is 11.0. The third-order valence-corrected chi connectivity index (χ3v) is 6.12. The smallest absolute Gasteiger partial charge is 0.420 e. The predicted molar refractivity (Wildman–Crippen MR) is 135 cm³/mol. The van der Waals surface area contributed by atoms with Crippen LogP contribution in [0.4, 0.5) is 14.9 Å². The molecule has 0 radical (unpaired) electrons. The molecule has 3 aromatic carbocycles. The number of nitrogens with zero attached hydrogens (tertiary/aromatic N) is 1. The molecule has 8 nitrogen and oxygen atoms in total. The first-order chi connectivity index (χ1) is 17.2. The number of ether oxygens (including phenoxy) is 1. The molecule has 0 aliphatic heterocycles. The molecule has 3 rings (SSSR count). The number of carboxylic acids is 1. The van der Waals surface area contributed by atoms with Gasteiger partial charge in [0.2, 0.25) is 5.91 Å². The molecular weight excluding hydrogens is 533 g/mol. The van der Waals surface area contributed by atoms with Crippen LogP contribution in [0, 0.1) is 5.82 Å². The van der Waals surface area contributed by atoms with Gasteiger partial charge in [0.1, 0.15) is 24.5 Å². The lowest BCUT2D eigenvalue weighted by Crippen LogP contribution is -2.52. The minimum absolute atomic E-state index is 0.0136. The van der Waals surface area contributed by atoms with Crippen molar-refractivity contribution in [3.63, 3.8) is 0 Å². The van der Waals surface area contributed by atoms with E-state index < -0.39 is 35.9 Å². The molecule has 0 saturated carbocycles. The van der Waals surface area contributed by atoms with Crippen molar-refractivity contribution in [2.45, 2.75) is 31.5 Å². The first kappa shape index (κ1) is 26.7. The quantitative estimate of drug-likeness (QED) is 0.255. The Morgan fingerprint density at radius 1 is 0.917 bits per heavy atom. The summed E-state index contributed by atoms with van der Waals surface area (Å²) in [6, 6.07) is 18.6. The summed E-state index contributed by atoms with van der Waals surface area (Å²) in [6.45, 7) is -0.0136. The van der Waals surface area contributed by atoms with Crippen LogP contribution in [-0.2, 0) is 33.8 Å². The number of rotatable bonds is 10. The van der Waals surface area contributed by atoms with E-state index in [2.05, 4.69) is 21.5 Å². The van der Waals surface area contributed by atoms with E-state index in [1.165, 1.54) is 24.3 Å². The molecule has 0 unspecified atom stereocenters. The number of amides is 2. The monoisotopic (exact) mass is 557 g/mol. The zero-order chi connectivity index (χ0) is 26.1. The Morgan fingerprint density at radius 2 is 1.50 bits per heavy atom. The first-order valence-corrected chi connectivity index (χ1v) is 11.7. The number of carboxylic acid groups (broad SMARTS) is 1. The molecule has 36 heavy (non-hydrogen) atoms. The van der Waals surface area contributed by atoms with Gasteiger partial charge in [-0.2, -0.15) is 0 Å². The van der Waals surface area contributed by atoms with Crippen molar-refractivity contribution in [1.29, 1.82) is 0 Å². The fourth-order valence-corrected chi connectivity index (χ4v) is 3.82. The van der Waals surface area contributed by atoms with Crippen molar-refractivity contribution in [3.05, 3.63) is 101 Å². The number of benzene rings is 3. The summed E-state index contributed by atoms with van der Waals surface area (Å²) in [7, 11) is 0. The summed E-state index contributed by atoms with van der Waals surface area (Å²) in [4.78, 5) is 37.9. The molecule has 0 bridgehead atoms. The van der Waals surface area contributed by atoms with E-state index in [1.807, 2.05) is 6.07 Å². The number of carbonyl (C=O) groups is 3. The molecule has 2 amide bonds. The fraction of sp³-hybridized carbons (Fsp3) is 0.192. The Kier molecular flexibility index (Phi) is 9.40. The molecule has 2 atom stereocenters. The highest BCUT2D eigenvalue weighted by Gasteiger charge is 2.33. The van der Waals surface area contributed by atoms with Crippen LogP contribution in [-0.4, -0.2) is 39.1 Å². The third-order valence-electron chi connectivity index (χ3n) is 5.33. The van der Waals surface area contributed by atoms with Crippen LogP contribution in [0.25, 0.3) is 0 Å². The Labute approximate surface area is 216 Å². The highest BCUT2D eigenvalue weighted by molar-refractivity contribution is 9.07. The van der Waals surface area contributed by atoms with Crippen molar-refractivity contribution in [2.75, 3.05) is 5.73 Å². The fourth-order valence-electron chi connectivity index (χ4n) is 3.39. The highest BCUT2D eigenvalue weighted by atomic mass is 79.9. The molecule has 0 fully saturated rings. The summed E-state index contributed by atoms with van der Waals surface area (Å²) < 4.78 is 19.5. The van der Waals surface area contributed by atoms with E-state index in [4.69, 9.17) is 10.5 Å². The minimum atomic E-state index is -1.31. The van der Waals surface area contributed by atoms with Crippen LogP contribution >= 0.6 is 16.1 Å². The van der Waals surface area contributed by atoms with Crippen molar-refractivity contribution in [3.8, 4) is 0 Å². The molecular formula is C26H25BrFN3O5. The van der Waals surface area contributed by atoms with Gasteiger partial charge >= 0.3 is 12.1 Å². The normalized spacial score (nSPS) is 12.3. The van der Waals surface area contributed by atoms with Crippen molar-refractivity contribution >= 4 is 39.8 Å². The number of nitrogens with one attached hydrogen (secondary N) is 1. The van der Waals surface area contributed by atoms with E-state index >= 15 is 0 Å². The topological polar surface area (TPSA) is 122 Å². The average molecular weight is 558 g/mol. The van der Waals surface area contributed by atoms with E-state index in [0.717, 1.165) is 9.49 Å². The second kappa shape index (κ2) is 12.7. The van der Waals surface area contributed by atoms with Gasteiger partial charge in [0.15, 0.2) is 0 Å². The van der Waals surface area contributed by atoms with E-state index in [1.54, 1.807) is 48.5 Å². The summed E-state index contributed by atoms with van der Waals surface area (Å²) >= 11 is 3.14. The van der Waals surface area contributed by atoms with Crippen LogP contribution in [0.2, 0.25) is 0 Å². The highest BCUT2D eigenvalue weighted by Crippen LogP contribution is 2.18. The maximum Gasteiger partial charge on any atom is 0.420 e. The average Bonchev–Trinajstić information content (AvgIpc) is 2.87. The van der Waals surface area contributed by atoms with E-state index in [0.29, 0.717) is 16.8 Å². The SMILES string of the molecule is Nc1ccc(C[C@@H](C(=O)N[C@@H](Cc2ccc(F)cc2)C(=O)O)N(Br)C(=O)OCc2ccccc2)cc1. The maximum atomic E-state index is 13.3. The number of carbonyl (C=O) groups excluding carboxylic acids is 2. The van der Waals surface area contributed by atoms with Crippen LogP contribution in [0.5, 0.6) is 0 Å². The standard InChI is InChI=1S/C26H25BrFN3O5/c27-31(26(35)36-16-19-4-2-1-3-5-19)23(15-18-8-12-21(29)13-9-18)24(32)30-22(25(33)34)14-17-6-10-20(28)11-7-17/h1-13,22-23H,14-16,29H2,(H,30,32)(H,33,34)/t22-,23-/m0/s1. The summed E-state index contributed by atoms with van der Waals surface area (Å²) in [6.07, 6.45) is -0.836. The van der Waals surface area contributed by atoms with Gasteiger partial charge in [-0.15, -0.1) is 0 Å². The lowest BCUT2D eigenvalue weighted by atomic mass is 10.0. The van der Waals surface area contributed by atoms with Crippen LogP contribution in [0.15, 0.2) is 78.9 Å². The Balaban J connectivity index is 1.76. The second-order valence-electron chi connectivity index (χ2n) is 8.04. The van der Waals surface area contributed by atoms with E-state index in [9.17, 15) is 23.9 Å². The van der Waals surface area contributed by atoms with Gasteiger partial charge in [0.25, 0.3) is 0 Å². The van der Waals surface area contributed by atoms with Gasteiger partial charge in [-0.1, -0.05) is 54.6 Å². The molecule has 4 N–H and O–H groups in total. The minimum Gasteiger partial charge on any atom is -0.480 e. The third kappa shape index (κ3) is 7.81. The zero-order valence-electron chi connectivity index (χ0n) is 19.1. The molecule has 3 aromatic rings. The number of nitrogen functional groups attached to an aromatic ring is 1. The number of halogens is 2. The number of anilines is 1. The van der Waals surface area contributed by atoms with Gasteiger partial charge in [-0.3, -0.25) is 4.79 Å². The lowest BCUT2D eigenvalue weighted by Gasteiger charge is -2.26. The Hall–Kier alpha value is -3.92. The molecule has 0 saturated heterocycles. The van der Waals surface area contributed by atoms with Gasteiger partial charge in [-0.25, -0.2) is 17.9 Å². The molecule has 0 aliphatic rings.